The first-order valence-corrected chi connectivity index (χ1v) is 7.91. The first-order valence-electron chi connectivity index (χ1n) is 7.91. The SMILES string of the molecule is CC(c1ccccc1)N1C(=O)c2c(c(O)c3ccccc3c2O)C1=O. The van der Waals surface area contributed by atoms with Crippen molar-refractivity contribution in [2.75, 3.05) is 0 Å². The van der Waals surface area contributed by atoms with Gasteiger partial charge in [-0.25, -0.2) is 0 Å². The summed E-state index contributed by atoms with van der Waals surface area (Å²) in [6.07, 6.45) is 0. The highest BCUT2D eigenvalue weighted by Crippen LogP contribution is 2.45. The van der Waals surface area contributed by atoms with Gasteiger partial charge in [0.2, 0.25) is 0 Å². The van der Waals surface area contributed by atoms with Crippen LogP contribution in [0.3, 0.4) is 0 Å². The summed E-state index contributed by atoms with van der Waals surface area (Å²) >= 11 is 0. The molecule has 5 nitrogen and oxygen atoms in total. The zero-order valence-electron chi connectivity index (χ0n) is 13.4. The number of nitrogens with zero attached hydrogens (tertiary/aromatic N) is 1. The van der Waals surface area contributed by atoms with Crippen LogP contribution in [0.5, 0.6) is 11.5 Å². The molecule has 2 amide bonds. The third kappa shape index (κ3) is 2.02. The van der Waals surface area contributed by atoms with E-state index in [1.54, 1.807) is 31.2 Å². The van der Waals surface area contributed by atoms with Gasteiger partial charge in [-0.15, -0.1) is 0 Å². The third-order valence-corrected chi connectivity index (χ3v) is 4.70. The maximum absolute atomic E-state index is 12.9. The molecule has 1 aliphatic heterocycles. The minimum absolute atomic E-state index is 0.135. The summed E-state index contributed by atoms with van der Waals surface area (Å²) < 4.78 is 0. The minimum Gasteiger partial charge on any atom is -0.506 e. The first-order chi connectivity index (χ1) is 12.0. The number of benzene rings is 3. The number of imide groups is 1. The predicted octanol–water partition coefficient (Wildman–Crippen LogP) is 3.61. The average Bonchev–Trinajstić information content (AvgIpc) is 2.91. The number of phenols is 2. The van der Waals surface area contributed by atoms with E-state index < -0.39 is 17.9 Å². The van der Waals surface area contributed by atoms with Crippen molar-refractivity contribution in [2.24, 2.45) is 0 Å². The summed E-state index contributed by atoms with van der Waals surface area (Å²) in [6, 6.07) is 15.2. The Morgan fingerprint density at radius 3 is 1.68 bits per heavy atom. The van der Waals surface area contributed by atoms with Crippen LogP contribution in [-0.4, -0.2) is 26.9 Å². The molecule has 0 fully saturated rings. The average molecular weight is 333 g/mol. The first kappa shape index (κ1) is 15.2. The summed E-state index contributed by atoms with van der Waals surface area (Å²) in [5, 5.41) is 21.8. The fraction of sp³-hybridized carbons (Fsp3) is 0.100. The van der Waals surface area contributed by atoms with Crippen molar-refractivity contribution in [3.8, 4) is 11.5 Å². The van der Waals surface area contributed by atoms with E-state index in [0.29, 0.717) is 10.8 Å². The van der Waals surface area contributed by atoms with Crippen molar-refractivity contribution >= 4 is 22.6 Å². The second-order valence-electron chi connectivity index (χ2n) is 6.06. The van der Waals surface area contributed by atoms with E-state index in [1.807, 2.05) is 30.3 Å². The van der Waals surface area contributed by atoms with Gasteiger partial charge in [-0.3, -0.25) is 14.5 Å². The van der Waals surface area contributed by atoms with Gasteiger partial charge in [0.05, 0.1) is 17.2 Å². The molecule has 1 heterocycles. The molecule has 1 atom stereocenters. The van der Waals surface area contributed by atoms with Gasteiger partial charge >= 0.3 is 0 Å². The quantitative estimate of drug-likeness (QED) is 0.555. The molecule has 0 aromatic heterocycles. The van der Waals surface area contributed by atoms with Crippen molar-refractivity contribution in [1.82, 2.24) is 4.90 Å². The smallest absolute Gasteiger partial charge is 0.266 e. The number of hydrogen-bond acceptors (Lipinski definition) is 4. The zero-order valence-corrected chi connectivity index (χ0v) is 13.4. The van der Waals surface area contributed by atoms with Crippen LogP contribution in [0.1, 0.15) is 39.2 Å². The normalized spacial score (nSPS) is 14.8. The van der Waals surface area contributed by atoms with Crippen LogP contribution in [0, 0.1) is 0 Å². The van der Waals surface area contributed by atoms with E-state index in [-0.39, 0.29) is 22.6 Å². The standard InChI is InChI=1S/C20H15NO4/c1-11(12-7-3-2-4-8-12)21-19(24)15-16(20(21)25)18(23)14-10-6-5-9-13(14)17(15)22/h2-11,22-23H,1H3. The van der Waals surface area contributed by atoms with Crippen LogP contribution >= 0.6 is 0 Å². The molecule has 25 heavy (non-hydrogen) atoms. The molecule has 0 saturated carbocycles. The maximum atomic E-state index is 12.9. The molecule has 1 aliphatic rings. The van der Waals surface area contributed by atoms with Crippen LogP contribution < -0.4 is 0 Å². The molecule has 0 saturated heterocycles. The van der Waals surface area contributed by atoms with Gasteiger partial charge in [-0.05, 0) is 12.5 Å². The zero-order chi connectivity index (χ0) is 17.7. The Labute approximate surface area is 143 Å². The van der Waals surface area contributed by atoms with E-state index in [4.69, 9.17) is 0 Å². The summed E-state index contributed by atoms with van der Waals surface area (Å²) in [7, 11) is 0. The fourth-order valence-electron chi connectivity index (χ4n) is 3.38. The number of phenolic OH excluding ortho intramolecular Hbond substituents is 2. The van der Waals surface area contributed by atoms with Gasteiger partial charge in [-0.2, -0.15) is 0 Å². The van der Waals surface area contributed by atoms with Crippen molar-refractivity contribution in [3.63, 3.8) is 0 Å². The topological polar surface area (TPSA) is 77.8 Å². The number of rotatable bonds is 2. The highest BCUT2D eigenvalue weighted by atomic mass is 16.3. The number of aromatic hydroxyl groups is 2. The number of fused-ring (bicyclic) bond motifs is 2. The highest BCUT2D eigenvalue weighted by Gasteiger charge is 2.44. The summed E-state index contributed by atoms with van der Waals surface area (Å²) in [6.45, 7) is 1.74. The van der Waals surface area contributed by atoms with E-state index in [0.717, 1.165) is 10.5 Å². The van der Waals surface area contributed by atoms with Crippen LogP contribution in [0.25, 0.3) is 10.8 Å². The second kappa shape index (κ2) is 5.34. The lowest BCUT2D eigenvalue weighted by molar-refractivity contribution is 0.0594. The van der Waals surface area contributed by atoms with Gasteiger partial charge in [0.15, 0.2) is 0 Å². The van der Waals surface area contributed by atoms with E-state index in [2.05, 4.69) is 0 Å². The Balaban J connectivity index is 1.92. The third-order valence-electron chi connectivity index (χ3n) is 4.70. The Morgan fingerprint density at radius 2 is 1.20 bits per heavy atom. The van der Waals surface area contributed by atoms with Gasteiger partial charge in [0.1, 0.15) is 11.5 Å². The van der Waals surface area contributed by atoms with Crippen LogP contribution in [0.15, 0.2) is 54.6 Å². The fourth-order valence-corrected chi connectivity index (χ4v) is 3.38. The van der Waals surface area contributed by atoms with Crippen molar-refractivity contribution in [3.05, 3.63) is 71.3 Å². The molecule has 1 unspecified atom stereocenters. The molecule has 0 radical (unpaired) electrons. The number of hydrogen-bond donors (Lipinski definition) is 2. The lowest BCUT2D eigenvalue weighted by atomic mass is 9.99. The monoisotopic (exact) mass is 333 g/mol. The summed E-state index contributed by atoms with van der Waals surface area (Å²) in [4.78, 5) is 26.8. The summed E-state index contributed by atoms with van der Waals surface area (Å²) in [5.74, 6) is -1.75. The lowest BCUT2D eigenvalue weighted by Gasteiger charge is -2.22. The number of carbonyl (C=O) groups is 2. The highest BCUT2D eigenvalue weighted by molar-refractivity contribution is 6.27. The molecule has 124 valence electrons. The van der Waals surface area contributed by atoms with Gasteiger partial charge in [0, 0.05) is 10.8 Å². The minimum atomic E-state index is -0.602. The van der Waals surface area contributed by atoms with Crippen molar-refractivity contribution in [2.45, 2.75) is 13.0 Å². The Kier molecular flexibility index (Phi) is 3.25. The molecule has 5 heteroatoms. The van der Waals surface area contributed by atoms with Crippen LogP contribution in [0.4, 0.5) is 0 Å². The molecule has 0 bridgehead atoms. The molecule has 3 aromatic carbocycles. The number of carbonyl (C=O) groups excluding carboxylic acids is 2. The Bertz CT molecular complexity index is 966. The van der Waals surface area contributed by atoms with Crippen molar-refractivity contribution < 1.29 is 19.8 Å². The molecule has 2 N–H and O–H groups in total. The maximum Gasteiger partial charge on any atom is 0.266 e. The Hall–Kier alpha value is -3.34. The Morgan fingerprint density at radius 1 is 0.760 bits per heavy atom. The second-order valence-corrected chi connectivity index (χ2v) is 6.06. The van der Waals surface area contributed by atoms with E-state index in [1.165, 1.54) is 0 Å². The molecule has 0 aliphatic carbocycles. The molecular formula is C20H15NO4. The number of amides is 2. The molecule has 0 spiro atoms. The van der Waals surface area contributed by atoms with E-state index in [9.17, 15) is 19.8 Å². The predicted molar refractivity (Wildman–Crippen MR) is 92.6 cm³/mol. The largest absolute Gasteiger partial charge is 0.506 e. The summed E-state index contributed by atoms with van der Waals surface area (Å²) in [5.41, 5.74) is 0.522. The molecule has 4 rings (SSSR count). The van der Waals surface area contributed by atoms with Gasteiger partial charge in [-0.1, -0.05) is 54.6 Å². The molecular weight excluding hydrogens is 318 g/mol. The van der Waals surface area contributed by atoms with Crippen LogP contribution in [0.2, 0.25) is 0 Å². The van der Waals surface area contributed by atoms with Gasteiger partial charge < -0.3 is 10.2 Å². The van der Waals surface area contributed by atoms with Crippen LogP contribution in [-0.2, 0) is 0 Å². The van der Waals surface area contributed by atoms with Crippen molar-refractivity contribution in [1.29, 1.82) is 0 Å². The lowest BCUT2D eigenvalue weighted by Crippen LogP contribution is -2.32. The van der Waals surface area contributed by atoms with E-state index >= 15 is 0 Å². The van der Waals surface area contributed by atoms with Gasteiger partial charge in [0.25, 0.3) is 11.8 Å². The molecule has 3 aromatic rings.